The molecule has 0 amide bonds. The Hall–Kier alpha value is -1.34. The second kappa shape index (κ2) is 3.91. The van der Waals surface area contributed by atoms with Gasteiger partial charge in [0, 0.05) is 11.7 Å². The minimum absolute atomic E-state index is 0.338. The molecular formula is C12H18N4. The Labute approximate surface area is 96.3 Å². The Balaban J connectivity index is 2.22. The topological polar surface area (TPSA) is 53.6 Å². The van der Waals surface area contributed by atoms with Gasteiger partial charge >= 0.3 is 0 Å². The summed E-state index contributed by atoms with van der Waals surface area (Å²) in [5, 5.41) is 12.4. The van der Waals surface area contributed by atoms with Gasteiger partial charge in [0.15, 0.2) is 0 Å². The van der Waals surface area contributed by atoms with Gasteiger partial charge < -0.3 is 9.88 Å². The molecule has 1 N–H and O–H groups in total. The molecule has 0 bridgehead atoms. The Morgan fingerprint density at radius 1 is 1.62 bits per heavy atom. The van der Waals surface area contributed by atoms with Crippen molar-refractivity contribution in [3.05, 3.63) is 17.7 Å². The smallest absolute Gasteiger partial charge is 0.108 e. The molecule has 0 saturated heterocycles. The highest BCUT2D eigenvalue weighted by molar-refractivity contribution is 5.16. The molecule has 2 unspecified atom stereocenters. The maximum Gasteiger partial charge on any atom is 0.108 e. The van der Waals surface area contributed by atoms with E-state index in [-0.39, 0.29) is 5.54 Å². The molecule has 4 nitrogen and oxygen atoms in total. The molecule has 2 rings (SSSR count). The molecule has 1 aromatic heterocycles. The Morgan fingerprint density at radius 3 is 2.81 bits per heavy atom. The number of hydrogen-bond donors (Lipinski definition) is 1. The van der Waals surface area contributed by atoms with Crippen molar-refractivity contribution in [1.82, 2.24) is 14.9 Å². The average molecular weight is 218 g/mol. The molecule has 1 heterocycles. The standard InChI is InChI=1S/C12H18N4/c1-9-10(2)16(8-15-9)11-4-5-12(6-11,7-13)14-3/h8,11,14H,4-6H2,1-3H3. The van der Waals surface area contributed by atoms with E-state index >= 15 is 0 Å². The second-order valence-electron chi connectivity index (χ2n) is 4.66. The number of hydrogen-bond acceptors (Lipinski definition) is 3. The number of nitrogens with one attached hydrogen (secondary N) is 1. The fourth-order valence-electron chi connectivity index (χ4n) is 2.53. The number of nitrogens with zero attached hydrogens (tertiary/aromatic N) is 3. The van der Waals surface area contributed by atoms with E-state index in [1.807, 2.05) is 20.3 Å². The molecule has 1 fully saturated rings. The Kier molecular flexibility index (Phi) is 2.73. The van der Waals surface area contributed by atoms with Gasteiger partial charge in [-0.05, 0) is 40.2 Å². The van der Waals surface area contributed by atoms with Gasteiger partial charge in [0.2, 0.25) is 0 Å². The van der Waals surface area contributed by atoms with Gasteiger partial charge in [0.1, 0.15) is 5.54 Å². The molecule has 0 radical (unpaired) electrons. The molecule has 1 aliphatic rings. The Bertz CT molecular complexity index is 429. The highest BCUT2D eigenvalue weighted by Gasteiger charge is 2.39. The van der Waals surface area contributed by atoms with Crippen molar-refractivity contribution in [2.45, 2.75) is 44.7 Å². The van der Waals surface area contributed by atoms with Crippen LogP contribution in [0.2, 0.25) is 0 Å². The number of aryl methyl sites for hydroxylation is 1. The third-order valence-electron chi connectivity index (χ3n) is 3.86. The molecule has 0 aliphatic heterocycles. The van der Waals surface area contributed by atoms with Crippen molar-refractivity contribution >= 4 is 0 Å². The monoisotopic (exact) mass is 218 g/mol. The van der Waals surface area contributed by atoms with Crippen LogP contribution in [0.15, 0.2) is 6.33 Å². The van der Waals surface area contributed by atoms with Crippen LogP contribution in [-0.4, -0.2) is 22.1 Å². The lowest BCUT2D eigenvalue weighted by Gasteiger charge is -2.20. The van der Waals surface area contributed by atoms with Crippen LogP contribution in [0.25, 0.3) is 0 Å². The summed E-state index contributed by atoms with van der Waals surface area (Å²) in [4.78, 5) is 4.32. The van der Waals surface area contributed by atoms with Crippen LogP contribution in [0.5, 0.6) is 0 Å². The normalized spacial score (nSPS) is 29.2. The molecule has 16 heavy (non-hydrogen) atoms. The van der Waals surface area contributed by atoms with Gasteiger partial charge in [-0.3, -0.25) is 0 Å². The van der Waals surface area contributed by atoms with Gasteiger partial charge in [-0.2, -0.15) is 5.26 Å². The van der Waals surface area contributed by atoms with Crippen molar-refractivity contribution in [3.8, 4) is 6.07 Å². The van der Waals surface area contributed by atoms with Crippen LogP contribution < -0.4 is 5.32 Å². The molecule has 1 saturated carbocycles. The summed E-state index contributed by atoms with van der Waals surface area (Å²) in [5.41, 5.74) is 1.96. The van der Waals surface area contributed by atoms with E-state index in [0.29, 0.717) is 6.04 Å². The van der Waals surface area contributed by atoms with Gasteiger partial charge in [-0.1, -0.05) is 0 Å². The summed E-state index contributed by atoms with van der Waals surface area (Å²) in [6.45, 7) is 4.12. The molecule has 0 spiro atoms. The number of imidazole rings is 1. The van der Waals surface area contributed by atoms with Crippen LogP contribution in [-0.2, 0) is 0 Å². The zero-order valence-electron chi connectivity index (χ0n) is 10.1. The number of aromatic nitrogens is 2. The summed E-state index contributed by atoms with van der Waals surface area (Å²) in [7, 11) is 1.87. The fraction of sp³-hybridized carbons (Fsp3) is 0.667. The van der Waals surface area contributed by atoms with E-state index in [1.165, 1.54) is 5.69 Å². The van der Waals surface area contributed by atoms with Crippen molar-refractivity contribution < 1.29 is 0 Å². The van der Waals surface area contributed by atoms with Crippen LogP contribution >= 0.6 is 0 Å². The van der Waals surface area contributed by atoms with E-state index in [4.69, 9.17) is 0 Å². The third kappa shape index (κ3) is 1.61. The molecule has 4 heteroatoms. The van der Waals surface area contributed by atoms with Crippen molar-refractivity contribution in [1.29, 1.82) is 5.26 Å². The summed E-state index contributed by atoms with van der Waals surface area (Å²) in [6, 6.07) is 2.82. The largest absolute Gasteiger partial charge is 0.331 e. The molecule has 1 aromatic rings. The fourth-order valence-corrected chi connectivity index (χ4v) is 2.53. The van der Waals surface area contributed by atoms with E-state index in [9.17, 15) is 5.26 Å². The van der Waals surface area contributed by atoms with Gasteiger partial charge in [-0.25, -0.2) is 4.98 Å². The van der Waals surface area contributed by atoms with Crippen LogP contribution in [0.4, 0.5) is 0 Å². The number of nitriles is 1. The summed E-state index contributed by atoms with van der Waals surface area (Å²) in [5.74, 6) is 0. The molecule has 1 aliphatic carbocycles. The average Bonchev–Trinajstić information content (AvgIpc) is 2.86. The maximum atomic E-state index is 9.22. The van der Waals surface area contributed by atoms with E-state index in [0.717, 1.165) is 25.0 Å². The van der Waals surface area contributed by atoms with E-state index in [2.05, 4.69) is 27.9 Å². The van der Waals surface area contributed by atoms with Crippen molar-refractivity contribution in [3.63, 3.8) is 0 Å². The van der Waals surface area contributed by atoms with Crippen molar-refractivity contribution in [2.75, 3.05) is 7.05 Å². The first-order chi connectivity index (χ1) is 7.62. The summed E-state index contributed by atoms with van der Waals surface area (Å²) in [6.07, 6.45) is 4.74. The summed E-state index contributed by atoms with van der Waals surface area (Å²) < 4.78 is 2.21. The van der Waals surface area contributed by atoms with Crippen molar-refractivity contribution in [2.24, 2.45) is 0 Å². The second-order valence-corrected chi connectivity index (χ2v) is 4.66. The molecule has 86 valence electrons. The predicted octanol–water partition coefficient (Wildman–Crippen LogP) is 1.71. The minimum Gasteiger partial charge on any atom is -0.331 e. The predicted molar refractivity (Wildman–Crippen MR) is 62.0 cm³/mol. The molecular weight excluding hydrogens is 200 g/mol. The highest BCUT2D eigenvalue weighted by Crippen LogP contribution is 2.37. The van der Waals surface area contributed by atoms with Crippen LogP contribution in [0.1, 0.15) is 36.7 Å². The summed E-state index contributed by atoms with van der Waals surface area (Å²) >= 11 is 0. The first kappa shape index (κ1) is 11.2. The highest BCUT2D eigenvalue weighted by atomic mass is 15.1. The SMILES string of the molecule is CNC1(C#N)CCC(n2cnc(C)c2C)C1. The van der Waals surface area contributed by atoms with Gasteiger partial charge in [0.25, 0.3) is 0 Å². The third-order valence-corrected chi connectivity index (χ3v) is 3.86. The Morgan fingerprint density at radius 2 is 2.38 bits per heavy atom. The molecule has 2 atom stereocenters. The first-order valence-corrected chi connectivity index (χ1v) is 5.72. The lowest BCUT2D eigenvalue weighted by Crippen LogP contribution is -2.38. The van der Waals surface area contributed by atoms with Gasteiger partial charge in [0.05, 0.1) is 18.1 Å². The van der Waals surface area contributed by atoms with E-state index < -0.39 is 0 Å². The van der Waals surface area contributed by atoms with Gasteiger partial charge in [-0.15, -0.1) is 0 Å². The zero-order chi connectivity index (χ0) is 11.8. The zero-order valence-corrected chi connectivity index (χ0v) is 10.1. The first-order valence-electron chi connectivity index (χ1n) is 5.72. The lowest BCUT2D eigenvalue weighted by atomic mass is 10.00. The maximum absolute atomic E-state index is 9.22. The number of rotatable bonds is 2. The molecule has 0 aromatic carbocycles. The lowest BCUT2D eigenvalue weighted by molar-refractivity contribution is 0.426. The minimum atomic E-state index is -0.338. The van der Waals surface area contributed by atoms with E-state index in [1.54, 1.807) is 0 Å². The van der Waals surface area contributed by atoms with Crippen LogP contribution in [0.3, 0.4) is 0 Å². The quantitative estimate of drug-likeness (QED) is 0.822. The van der Waals surface area contributed by atoms with Crippen LogP contribution in [0, 0.1) is 25.2 Å².